The van der Waals surface area contributed by atoms with E-state index < -0.39 is 124 Å². The second-order valence-electron chi connectivity index (χ2n) is 21.5. The zero-order chi connectivity index (χ0) is 55.5. The van der Waals surface area contributed by atoms with Gasteiger partial charge in [-0.25, -0.2) is 0 Å². The van der Waals surface area contributed by atoms with Gasteiger partial charge < -0.3 is 89.9 Å². The maximum Gasteiger partial charge on any atom is 0.220 e. The number of hydrogen-bond acceptors (Lipinski definition) is 18. The lowest BCUT2D eigenvalue weighted by atomic mass is 9.96. The molecule has 0 aromatic carbocycles. The summed E-state index contributed by atoms with van der Waals surface area (Å²) in [7, 11) is 0. The molecular formula is C57H105NO18. The molecule has 446 valence electrons. The predicted molar refractivity (Wildman–Crippen MR) is 286 cm³/mol. The lowest BCUT2D eigenvalue weighted by molar-refractivity contribution is -0.379. The molecule has 3 rings (SSSR count). The Labute approximate surface area is 454 Å². The topological polar surface area (TPSA) is 307 Å². The van der Waals surface area contributed by atoms with Gasteiger partial charge in [-0.1, -0.05) is 173 Å². The Kier molecular flexibility index (Phi) is 37.2. The van der Waals surface area contributed by atoms with E-state index >= 15 is 0 Å². The number of unbranched alkanes of at least 4 members (excludes halogenated alkanes) is 25. The Balaban J connectivity index is 1.38. The van der Waals surface area contributed by atoms with Crippen molar-refractivity contribution in [3.63, 3.8) is 0 Å². The van der Waals surface area contributed by atoms with Gasteiger partial charge in [-0.3, -0.25) is 4.79 Å². The zero-order valence-corrected chi connectivity index (χ0v) is 46.2. The molecule has 3 heterocycles. The highest BCUT2D eigenvalue weighted by molar-refractivity contribution is 5.76. The molecule has 19 nitrogen and oxygen atoms in total. The van der Waals surface area contributed by atoms with Gasteiger partial charge in [0, 0.05) is 6.42 Å². The maximum atomic E-state index is 13.2. The highest BCUT2D eigenvalue weighted by Crippen LogP contribution is 2.33. The molecule has 3 fully saturated rings. The summed E-state index contributed by atoms with van der Waals surface area (Å²) in [6.45, 7) is 1.62. The van der Waals surface area contributed by atoms with Gasteiger partial charge in [0.2, 0.25) is 5.91 Å². The van der Waals surface area contributed by atoms with Gasteiger partial charge >= 0.3 is 0 Å². The highest BCUT2D eigenvalue weighted by atomic mass is 16.8. The molecular weight excluding hydrogens is 987 g/mol. The van der Waals surface area contributed by atoms with E-state index in [9.17, 15) is 61.0 Å². The van der Waals surface area contributed by atoms with E-state index in [0.717, 1.165) is 51.4 Å². The quantitative estimate of drug-likeness (QED) is 0.0289. The molecule has 3 saturated heterocycles. The third-order valence-corrected chi connectivity index (χ3v) is 15.0. The summed E-state index contributed by atoms with van der Waals surface area (Å²) in [6, 6.07) is -0.967. The van der Waals surface area contributed by atoms with Crippen molar-refractivity contribution >= 4 is 5.91 Å². The number of allylic oxidation sites excluding steroid dienone is 3. The van der Waals surface area contributed by atoms with Gasteiger partial charge in [0.05, 0.1) is 38.6 Å². The lowest BCUT2D eigenvalue weighted by Crippen LogP contribution is -2.66. The van der Waals surface area contributed by atoms with Gasteiger partial charge in [0.25, 0.3) is 0 Å². The number of carbonyl (C=O) groups excluding carboxylic acids is 1. The third kappa shape index (κ3) is 25.4. The third-order valence-electron chi connectivity index (χ3n) is 15.0. The van der Waals surface area contributed by atoms with Crippen molar-refractivity contribution < 1.29 is 89.4 Å². The van der Waals surface area contributed by atoms with Crippen molar-refractivity contribution in [3.8, 4) is 0 Å². The summed E-state index contributed by atoms with van der Waals surface area (Å²) in [5.41, 5.74) is 0. The van der Waals surface area contributed by atoms with E-state index in [2.05, 4.69) is 31.3 Å². The molecule has 0 aromatic rings. The summed E-state index contributed by atoms with van der Waals surface area (Å²) in [5, 5.41) is 119. The van der Waals surface area contributed by atoms with Crippen molar-refractivity contribution in [2.75, 3.05) is 26.4 Å². The standard InChI is InChI=1S/C57H105NO18/c1-3-5-7-9-11-12-13-14-15-16-17-18-19-20-21-22-23-24-25-26-27-28-29-31-33-35-45(63)58-40(41(62)34-32-30-10-8-6-4-2)39-71-55-51(69)48(66)53(43(37-60)73-55)76-57-52(70)49(67)54(44(38-61)74-57)75-56-50(68)47(65)46(64)42(36-59)72-56/h16-17,32,34,40-44,46-57,59-62,64-70H,3-15,18-31,33,35-39H2,1-2H3,(H,58,63)/b17-16-,34-32+. The minimum atomic E-state index is -1.97. The van der Waals surface area contributed by atoms with Crippen molar-refractivity contribution in [2.45, 2.75) is 304 Å². The lowest BCUT2D eigenvalue weighted by Gasteiger charge is -2.48. The van der Waals surface area contributed by atoms with Crippen molar-refractivity contribution in [1.29, 1.82) is 0 Å². The van der Waals surface area contributed by atoms with Gasteiger partial charge in [-0.15, -0.1) is 0 Å². The van der Waals surface area contributed by atoms with Crippen LogP contribution in [0.5, 0.6) is 0 Å². The average Bonchev–Trinajstić information content (AvgIpc) is 3.42. The molecule has 17 unspecified atom stereocenters. The number of aliphatic hydroxyl groups is 11. The van der Waals surface area contributed by atoms with Gasteiger partial charge in [0.15, 0.2) is 18.9 Å². The summed E-state index contributed by atoms with van der Waals surface area (Å²) in [6.07, 6.45) is 15.2. The molecule has 0 aromatic heterocycles. The first-order chi connectivity index (χ1) is 36.8. The summed E-state index contributed by atoms with van der Waals surface area (Å²) in [4.78, 5) is 13.2. The molecule has 0 saturated carbocycles. The number of hydrogen-bond donors (Lipinski definition) is 12. The van der Waals surface area contributed by atoms with Gasteiger partial charge in [0.1, 0.15) is 73.2 Å². The molecule has 19 heteroatoms. The number of ether oxygens (including phenoxy) is 6. The minimum absolute atomic E-state index is 0.244. The molecule has 3 aliphatic heterocycles. The summed E-state index contributed by atoms with van der Waals surface area (Å²) >= 11 is 0. The van der Waals surface area contributed by atoms with E-state index in [-0.39, 0.29) is 18.9 Å². The van der Waals surface area contributed by atoms with Crippen LogP contribution in [0.2, 0.25) is 0 Å². The number of carbonyl (C=O) groups is 1. The second kappa shape index (κ2) is 41.3. The molecule has 0 radical (unpaired) electrons. The van der Waals surface area contributed by atoms with Crippen LogP contribution in [0.4, 0.5) is 0 Å². The Morgan fingerprint density at radius 1 is 0.461 bits per heavy atom. The summed E-state index contributed by atoms with van der Waals surface area (Å²) < 4.78 is 34.1. The number of rotatable bonds is 43. The number of aliphatic hydroxyl groups excluding tert-OH is 11. The molecule has 0 aliphatic carbocycles. The first-order valence-corrected chi connectivity index (χ1v) is 29.6. The summed E-state index contributed by atoms with van der Waals surface area (Å²) in [5.74, 6) is -0.281. The fourth-order valence-electron chi connectivity index (χ4n) is 10.1. The molecule has 17 atom stereocenters. The van der Waals surface area contributed by atoms with Crippen LogP contribution in [-0.4, -0.2) is 193 Å². The van der Waals surface area contributed by atoms with Crippen LogP contribution in [0.3, 0.4) is 0 Å². The monoisotopic (exact) mass is 1090 g/mol. The van der Waals surface area contributed by atoms with Crippen molar-refractivity contribution in [3.05, 3.63) is 24.3 Å². The van der Waals surface area contributed by atoms with E-state index in [1.54, 1.807) is 6.08 Å². The fraction of sp³-hybridized carbons (Fsp3) is 0.912. The number of nitrogens with one attached hydrogen (secondary N) is 1. The fourth-order valence-corrected chi connectivity index (χ4v) is 10.1. The van der Waals surface area contributed by atoms with Gasteiger partial charge in [-0.05, 0) is 44.9 Å². The zero-order valence-electron chi connectivity index (χ0n) is 46.2. The SMILES string of the molecule is CCCCCC/C=C/C(O)C(COC1OC(CO)C(OC2OC(CO)C(OC3OC(CO)C(O)C(O)C3O)C(O)C2O)C(O)C1O)NC(=O)CCCCCCCCCCCCCCC/C=C\CCCCCCCCCC. The smallest absolute Gasteiger partial charge is 0.220 e. The predicted octanol–water partition coefficient (Wildman–Crippen LogP) is 4.76. The Morgan fingerprint density at radius 3 is 1.29 bits per heavy atom. The van der Waals surface area contributed by atoms with Crippen molar-refractivity contribution in [1.82, 2.24) is 5.32 Å². The largest absolute Gasteiger partial charge is 0.394 e. The molecule has 12 N–H and O–H groups in total. The Morgan fingerprint density at radius 2 is 0.829 bits per heavy atom. The molecule has 3 aliphatic rings. The second-order valence-corrected chi connectivity index (χ2v) is 21.5. The maximum absolute atomic E-state index is 13.2. The normalized spacial score (nSPS) is 31.1. The van der Waals surface area contributed by atoms with E-state index in [1.165, 1.54) is 122 Å². The van der Waals surface area contributed by atoms with Crippen LogP contribution >= 0.6 is 0 Å². The molecule has 0 spiro atoms. The minimum Gasteiger partial charge on any atom is -0.394 e. The first-order valence-electron chi connectivity index (χ1n) is 29.6. The van der Waals surface area contributed by atoms with Crippen LogP contribution in [0.25, 0.3) is 0 Å². The number of amides is 1. The van der Waals surface area contributed by atoms with Crippen molar-refractivity contribution in [2.24, 2.45) is 0 Å². The van der Waals surface area contributed by atoms with Crippen LogP contribution in [0.15, 0.2) is 24.3 Å². The Bertz CT molecular complexity index is 1490. The highest BCUT2D eigenvalue weighted by Gasteiger charge is 2.53. The van der Waals surface area contributed by atoms with Crippen LogP contribution < -0.4 is 5.32 Å². The van der Waals surface area contributed by atoms with E-state index in [0.29, 0.717) is 6.42 Å². The van der Waals surface area contributed by atoms with Crippen LogP contribution in [0, 0.1) is 0 Å². The molecule has 0 bridgehead atoms. The Hall–Kier alpha value is -1.73. The molecule has 76 heavy (non-hydrogen) atoms. The first kappa shape index (κ1) is 68.5. The van der Waals surface area contributed by atoms with E-state index in [1.807, 2.05) is 6.08 Å². The van der Waals surface area contributed by atoms with Crippen LogP contribution in [-0.2, 0) is 33.2 Å². The average molecular weight is 1090 g/mol. The molecule has 1 amide bonds. The van der Waals surface area contributed by atoms with Gasteiger partial charge in [-0.2, -0.15) is 0 Å². The van der Waals surface area contributed by atoms with E-state index in [4.69, 9.17) is 28.4 Å². The van der Waals surface area contributed by atoms with Crippen LogP contribution in [0.1, 0.15) is 200 Å².